The van der Waals surface area contributed by atoms with Gasteiger partial charge in [0.1, 0.15) is 5.76 Å². The Kier molecular flexibility index (Phi) is 1.65. The van der Waals surface area contributed by atoms with E-state index in [0.29, 0.717) is 0 Å². The van der Waals surface area contributed by atoms with Crippen LogP contribution in [0.5, 0.6) is 0 Å². The first kappa shape index (κ1) is 7.41. The number of furan rings is 1. The van der Waals surface area contributed by atoms with Gasteiger partial charge in [-0.3, -0.25) is 0 Å². The van der Waals surface area contributed by atoms with E-state index in [-0.39, 0.29) is 0 Å². The second-order valence-electron chi connectivity index (χ2n) is 3.17. The third kappa shape index (κ3) is 1.02. The molecule has 0 bridgehead atoms. The average Bonchev–Trinajstić information content (AvgIpc) is 2.64. The third-order valence-corrected chi connectivity index (χ3v) is 2.32. The van der Waals surface area contributed by atoms with Crippen LogP contribution in [0.2, 0.25) is 0 Å². The third-order valence-electron chi connectivity index (χ3n) is 2.32. The molecule has 2 rings (SSSR count). The zero-order valence-electron chi connectivity index (χ0n) is 7.42. The molecule has 1 aliphatic rings. The summed E-state index contributed by atoms with van der Waals surface area (Å²) >= 11 is 0. The van der Waals surface area contributed by atoms with E-state index in [1.54, 1.807) is 0 Å². The summed E-state index contributed by atoms with van der Waals surface area (Å²) in [5.74, 6) is 1.03. The van der Waals surface area contributed by atoms with Gasteiger partial charge in [-0.2, -0.15) is 0 Å². The molecule has 1 heteroatoms. The van der Waals surface area contributed by atoms with Crippen molar-refractivity contribution in [1.82, 2.24) is 0 Å². The van der Waals surface area contributed by atoms with E-state index in [2.05, 4.69) is 32.1 Å². The smallest absolute Gasteiger partial charge is 0.136 e. The fourth-order valence-corrected chi connectivity index (χ4v) is 1.41. The van der Waals surface area contributed by atoms with Gasteiger partial charge in [0.2, 0.25) is 0 Å². The minimum absolute atomic E-state index is 1.03. The highest BCUT2D eigenvalue weighted by Crippen LogP contribution is 2.27. The van der Waals surface area contributed by atoms with Crippen molar-refractivity contribution in [3.05, 3.63) is 41.4 Å². The molecule has 0 saturated heterocycles. The highest BCUT2D eigenvalue weighted by molar-refractivity contribution is 5.75. The summed E-state index contributed by atoms with van der Waals surface area (Å²) in [4.78, 5) is 0. The van der Waals surface area contributed by atoms with E-state index >= 15 is 0 Å². The van der Waals surface area contributed by atoms with Gasteiger partial charge in [0.15, 0.2) is 0 Å². The van der Waals surface area contributed by atoms with Crippen LogP contribution in [-0.2, 0) is 0 Å². The molecule has 0 N–H and O–H groups in total. The van der Waals surface area contributed by atoms with Crippen molar-refractivity contribution in [3.63, 3.8) is 0 Å². The van der Waals surface area contributed by atoms with Gasteiger partial charge in [-0.25, -0.2) is 0 Å². The molecule has 1 aromatic heterocycles. The Morgan fingerprint density at radius 3 is 2.67 bits per heavy atom. The average molecular weight is 160 g/mol. The fraction of sp³-hybridized carbons (Fsp3) is 0.273. The molecule has 0 atom stereocenters. The Labute approximate surface area is 72.4 Å². The van der Waals surface area contributed by atoms with E-state index in [1.165, 1.54) is 16.7 Å². The second-order valence-corrected chi connectivity index (χ2v) is 3.17. The molecule has 0 saturated carbocycles. The highest BCUT2D eigenvalue weighted by atomic mass is 16.3. The van der Waals surface area contributed by atoms with E-state index in [4.69, 9.17) is 4.42 Å². The molecule has 0 amide bonds. The topological polar surface area (TPSA) is 13.1 Å². The van der Waals surface area contributed by atoms with Gasteiger partial charge in [0, 0.05) is 5.57 Å². The molecule has 0 aromatic carbocycles. The SMILES string of the molecule is Cc1coc(C2=CCC=C2)c1C. The van der Waals surface area contributed by atoms with Crippen LogP contribution in [0.15, 0.2) is 28.9 Å². The van der Waals surface area contributed by atoms with Crippen LogP contribution in [0, 0.1) is 13.8 Å². The molecule has 62 valence electrons. The molecule has 12 heavy (non-hydrogen) atoms. The van der Waals surface area contributed by atoms with Crippen LogP contribution < -0.4 is 0 Å². The van der Waals surface area contributed by atoms with Crippen LogP contribution >= 0.6 is 0 Å². The van der Waals surface area contributed by atoms with E-state index in [9.17, 15) is 0 Å². The number of allylic oxidation sites excluding steroid dienone is 4. The number of hydrogen-bond acceptors (Lipinski definition) is 1. The standard InChI is InChI=1S/C11H12O/c1-8-7-12-11(9(8)2)10-5-3-4-6-10/h3,5-7H,4H2,1-2H3. The Morgan fingerprint density at radius 1 is 1.33 bits per heavy atom. The first-order valence-corrected chi connectivity index (χ1v) is 4.21. The fourth-order valence-electron chi connectivity index (χ4n) is 1.41. The zero-order chi connectivity index (χ0) is 8.55. The summed E-state index contributed by atoms with van der Waals surface area (Å²) in [7, 11) is 0. The molecule has 1 aliphatic carbocycles. The Hall–Kier alpha value is -1.24. The summed E-state index contributed by atoms with van der Waals surface area (Å²) in [5.41, 5.74) is 3.71. The van der Waals surface area contributed by atoms with Crippen LogP contribution in [0.25, 0.3) is 5.57 Å². The van der Waals surface area contributed by atoms with Crippen LogP contribution in [0.4, 0.5) is 0 Å². The largest absolute Gasteiger partial charge is 0.464 e. The molecule has 1 nitrogen and oxygen atoms in total. The molecule has 0 radical (unpaired) electrons. The quantitative estimate of drug-likeness (QED) is 0.614. The lowest BCUT2D eigenvalue weighted by atomic mass is 10.1. The highest BCUT2D eigenvalue weighted by Gasteiger charge is 2.10. The van der Waals surface area contributed by atoms with Crippen molar-refractivity contribution in [1.29, 1.82) is 0 Å². The van der Waals surface area contributed by atoms with Crippen LogP contribution in [0.3, 0.4) is 0 Å². The molecule has 0 spiro atoms. The Morgan fingerprint density at radius 2 is 2.17 bits per heavy atom. The number of aryl methyl sites for hydroxylation is 1. The maximum atomic E-state index is 5.46. The van der Waals surface area contributed by atoms with Gasteiger partial charge in [0.05, 0.1) is 6.26 Å². The zero-order valence-corrected chi connectivity index (χ0v) is 7.42. The lowest BCUT2D eigenvalue weighted by molar-refractivity contribution is 0.550. The monoisotopic (exact) mass is 160 g/mol. The summed E-state index contributed by atoms with van der Waals surface area (Å²) in [6, 6.07) is 0. The lowest BCUT2D eigenvalue weighted by Gasteiger charge is -1.95. The van der Waals surface area contributed by atoms with Crippen molar-refractivity contribution in [2.45, 2.75) is 20.3 Å². The molecule has 0 unspecified atom stereocenters. The minimum Gasteiger partial charge on any atom is -0.464 e. The van der Waals surface area contributed by atoms with E-state index in [0.717, 1.165) is 12.2 Å². The number of rotatable bonds is 1. The minimum atomic E-state index is 1.03. The Bertz CT molecular complexity index is 353. The molecule has 0 fully saturated rings. The first-order valence-electron chi connectivity index (χ1n) is 4.21. The Balaban J connectivity index is 2.46. The van der Waals surface area contributed by atoms with Crippen molar-refractivity contribution < 1.29 is 4.42 Å². The normalized spacial score (nSPS) is 15.3. The van der Waals surface area contributed by atoms with Crippen LogP contribution in [0.1, 0.15) is 23.3 Å². The summed E-state index contributed by atoms with van der Waals surface area (Å²) in [6.45, 7) is 4.17. The summed E-state index contributed by atoms with van der Waals surface area (Å²) in [6.07, 6.45) is 9.30. The van der Waals surface area contributed by atoms with Gasteiger partial charge < -0.3 is 4.42 Å². The predicted molar refractivity (Wildman–Crippen MR) is 49.9 cm³/mol. The van der Waals surface area contributed by atoms with Crippen LogP contribution in [-0.4, -0.2) is 0 Å². The van der Waals surface area contributed by atoms with Crippen molar-refractivity contribution in [2.75, 3.05) is 0 Å². The van der Waals surface area contributed by atoms with E-state index in [1.807, 2.05) is 6.26 Å². The second kappa shape index (κ2) is 2.67. The van der Waals surface area contributed by atoms with Crippen molar-refractivity contribution in [2.24, 2.45) is 0 Å². The lowest BCUT2D eigenvalue weighted by Crippen LogP contribution is -1.79. The number of hydrogen-bond donors (Lipinski definition) is 0. The first-order chi connectivity index (χ1) is 5.79. The molecule has 1 aromatic rings. The summed E-state index contributed by atoms with van der Waals surface area (Å²) < 4.78 is 5.46. The molecule has 0 aliphatic heterocycles. The van der Waals surface area contributed by atoms with Crippen molar-refractivity contribution in [3.8, 4) is 0 Å². The van der Waals surface area contributed by atoms with Gasteiger partial charge in [-0.15, -0.1) is 0 Å². The van der Waals surface area contributed by atoms with Gasteiger partial charge in [-0.1, -0.05) is 18.2 Å². The van der Waals surface area contributed by atoms with E-state index < -0.39 is 0 Å². The van der Waals surface area contributed by atoms with Gasteiger partial charge in [-0.05, 0) is 31.4 Å². The predicted octanol–water partition coefficient (Wildman–Crippen LogP) is 3.24. The van der Waals surface area contributed by atoms with Gasteiger partial charge >= 0.3 is 0 Å². The molecular weight excluding hydrogens is 148 g/mol. The maximum absolute atomic E-state index is 5.46. The maximum Gasteiger partial charge on any atom is 0.136 e. The van der Waals surface area contributed by atoms with Gasteiger partial charge in [0.25, 0.3) is 0 Å². The van der Waals surface area contributed by atoms with Crippen molar-refractivity contribution >= 4 is 5.57 Å². The summed E-state index contributed by atoms with van der Waals surface area (Å²) in [5, 5.41) is 0. The molecule has 1 heterocycles. The molecular formula is C11H12O.